The van der Waals surface area contributed by atoms with Gasteiger partial charge >= 0.3 is 5.97 Å². The Kier molecular flexibility index (Phi) is 6.69. The van der Waals surface area contributed by atoms with Crippen molar-refractivity contribution in [3.63, 3.8) is 0 Å². The second kappa shape index (κ2) is 8.97. The number of hydrogen-bond acceptors (Lipinski definition) is 3. The summed E-state index contributed by atoms with van der Waals surface area (Å²) in [5.74, 6) is 1.78. The quantitative estimate of drug-likeness (QED) is 0.449. The van der Waals surface area contributed by atoms with Crippen LogP contribution in [0.4, 0.5) is 0 Å². The molecule has 0 bridgehead atoms. The van der Waals surface area contributed by atoms with Gasteiger partial charge < -0.3 is 14.4 Å². The maximum Gasteiger partial charge on any atom is 0.306 e. The van der Waals surface area contributed by atoms with Gasteiger partial charge in [0.25, 0.3) is 0 Å². The number of rotatable bonds is 6. The van der Waals surface area contributed by atoms with E-state index in [-0.39, 0.29) is 6.42 Å². The number of carboxylic acid groups (broad SMARTS) is 1. The average molecular weight is 453 g/mol. The Morgan fingerprint density at radius 3 is 2.41 bits per heavy atom. The SMILES string of the molecule is C#CCn1c(C)c(C)c2c(-c3ccc(Cl)cc3)c(C(CC(=O)O)OC(C)(C)C)c(C)nc21. The molecule has 3 rings (SSSR count). The molecule has 0 aliphatic rings. The monoisotopic (exact) mass is 452 g/mol. The van der Waals surface area contributed by atoms with Crippen LogP contribution in [0.5, 0.6) is 0 Å². The minimum Gasteiger partial charge on any atom is -0.481 e. The molecule has 0 saturated carbocycles. The zero-order valence-electron chi connectivity index (χ0n) is 19.4. The number of benzene rings is 1. The van der Waals surface area contributed by atoms with Gasteiger partial charge in [0.1, 0.15) is 5.65 Å². The van der Waals surface area contributed by atoms with Gasteiger partial charge in [-0.25, -0.2) is 4.98 Å². The van der Waals surface area contributed by atoms with Crippen molar-refractivity contribution in [3.8, 4) is 23.5 Å². The first kappa shape index (κ1) is 23.8. The van der Waals surface area contributed by atoms with E-state index in [9.17, 15) is 9.90 Å². The van der Waals surface area contributed by atoms with E-state index in [1.165, 1.54) is 0 Å². The first-order valence-electron chi connectivity index (χ1n) is 10.5. The Morgan fingerprint density at radius 1 is 1.25 bits per heavy atom. The predicted octanol–water partition coefficient (Wildman–Crippen LogP) is 6.25. The highest BCUT2D eigenvalue weighted by Crippen LogP contribution is 2.43. The number of halogens is 1. The third-order valence-corrected chi connectivity index (χ3v) is 5.80. The Hall–Kier alpha value is -2.81. The number of hydrogen-bond donors (Lipinski definition) is 1. The molecule has 0 aliphatic heterocycles. The Bertz CT molecular complexity index is 1210. The Balaban J connectivity index is 2.47. The smallest absolute Gasteiger partial charge is 0.306 e. The number of fused-ring (bicyclic) bond motifs is 1. The molecule has 1 N–H and O–H groups in total. The van der Waals surface area contributed by atoms with Gasteiger partial charge in [0.05, 0.1) is 24.7 Å². The highest BCUT2D eigenvalue weighted by atomic mass is 35.5. The van der Waals surface area contributed by atoms with Crippen LogP contribution in [0, 0.1) is 33.1 Å². The summed E-state index contributed by atoms with van der Waals surface area (Å²) in [5, 5.41) is 11.3. The molecule has 0 spiro atoms. The number of nitrogens with zero attached hydrogens (tertiary/aromatic N) is 2. The van der Waals surface area contributed by atoms with Gasteiger partial charge in [0, 0.05) is 32.9 Å². The van der Waals surface area contributed by atoms with Crippen LogP contribution >= 0.6 is 11.6 Å². The summed E-state index contributed by atoms with van der Waals surface area (Å²) in [7, 11) is 0. The van der Waals surface area contributed by atoms with Crippen molar-refractivity contribution in [2.75, 3.05) is 0 Å². The van der Waals surface area contributed by atoms with Crippen LogP contribution < -0.4 is 0 Å². The van der Waals surface area contributed by atoms with Gasteiger partial charge in [-0.1, -0.05) is 29.7 Å². The molecule has 0 fully saturated rings. The summed E-state index contributed by atoms with van der Waals surface area (Å²) < 4.78 is 8.31. The zero-order chi connectivity index (χ0) is 23.8. The molecule has 1 aromatic carbocycles. The summed E-state index contributed by atoms with van der Waals surface area (Å²) in [6, 6.07) is 7.56. The minimum atomic E-state index is -0.932. The van der Waals surface area contributed by atoms with Crippen LogP contribution in [-0.4, -0.2) is 26.2 Å². The van der Waals surface area contributed by atoms with E-state index < -0.39 is 17.7 Å². The van der Waals surface area contributed by atoms with Crippen molar-refractivity contribution < 1.29 is 14.6 Å². The molecular weight excluding hydrogens is 424 g/mol. The highest BCUT2D eigenvalue weighted by molar-refractivity contribution is 6.30. The number of carbonyl (C=O) groups is 1. The standard InChI is InChI=1S/C26H29ClN2O3/c1-8-13-29-17(4)15(2)22-24(18-9-11-19(27)12-10-18)23(16(3)28-25(22)29)20(14-21(30)31)32-26(5,6)7/h1,9-12,20H,13-14H2,2-7H3,(H,30,31). The van der Waals surface area contributed by atoms with Crippen LogP contribution in [0.15, 0.2) is 24.3 Å². The summed E-state index contributed by atoms with van der Waals surface area (Å²) in [6.07, 6.45) is 4.79. The van der Waals surface area contributed by atoms with Crippen LogP contribution in [-0.2, 0) is 16.1 Å². The topological polar surface area (TPSA) is 64.4 Å². The maximum absolute atomic E-state index is 11.8. The number of aliphatic carboxylic acids is 1. The molecule has 5 nitrogen and oxygen atoms in total. The zero-order valence-corrected chi connectivity index (χ0v) is 20.2. The lowest BCUT2D eigenvalue weighted by Gasteiger charge is -2.29. The molecule has 1 unspecified atom stereocenters. The van der Waals surface area contributed by atoms with Gasteiger partial charge in [-0.3, -0.25) is 4.79 Å². The van der Waals surface area contributed by atoms with Gasteiger partial charge in [-0.15, -0.1) is 6.42 Å². The first-order valence-corrected chi connectivity index (χ1v) is 10.9. The largest absolute Gasteiger partial charge is 0.481 e. The van der Waals surface area contributed by atoms with Crippen molar-refractivity contribution in [2.24, 2.45) is 0 Å². The third kappa shape index (κ3) is 4.67. The number of carboxylic acids is 1. The fourth-order valence-corrected chi connectivity index (χ4v) is 4.30. The predicted molar refractivity (Wildman–Crippen MR) is 129 cm³/mol. The van der Waals surface area contributed by atoms with E-state index in [1.54, 1.807) is 0 Å². The molecule has 6 heteroatoms. The summed E-state index contributed by atoms with van der Waals surface area (Å²) in [5.41, 5.74) is 5.66. The van der Waals surface area contributed by atoms with Crippen molar-refractivity contribution in [2.45, 2.75) is 66.2 Å². The lowest BCUT2D eigenvalue weighted by molar-refractivity contribution is -0.143. The van der Waals surface area contributed by atoms with E-state index >= 15 is 0 Å². The lowest BCUT2D eigenvalue weighted by Crippen LogP contribution is -2.25. The van der Waals surface area contributed by atoms with Gasteiger partial charge in [0.15, 0.2) is 0 Å². The molecule has 0 saturated heterocycles. The normalized spacial score (nSPS) is 12.7. The fraction of sp³-hybridized carbons (Fsp3) is 0.385. The van der Waals surface area contributed by atoms with E-state index in [1.807, 2.05) is 70.4 Å². The van der Waals surface area contributed by atoms with E-state index in [0.29, 0.717) is 17.3 Å². The van der Waals surface area contributed by atoms with Gasteiger partial charge in [-0.05, 0) is 64.8 Å². The number of aromatic nitrogens is 2. The highest BCUT2D eigenvalue weighted by Gasteiger charge is 2.30. The number of terminal acetylenes is 1. The number of ether oxygens (including phenoxy) is 1. The Morgan fingerprint density at radius 2 is 1.88 bits per heavy atom. The third-order valence-electron chi connectivity index (χ3n) is 5.54. The van der Waals surface area contributed by atoms with Crippen molar-refractivity contribution >= 4 is 28.6 Å². The Labute approximate surface area is 194 Å². The van der Waals surface area contributed by atoms with E-state index in [4.69, 9.17) is 27.7 Å². The molecule has 1 atom stereocenters. The van der Waals surface area contributed by atoms with Gasteiger partial charge in [0.2, 0.25) is 0 Å². The van der Waals surface area contributed by atoms with Crippen LogP contribution in [0.2, 0.25) is 5.02 Å². The summed E-state index contributed by atoms with van der Waals surface area (Å²) in [6.45, 7) is 12.1. The lowest BCUT2D eigenvalue weighted by atomic mass is 9.90. The minimum absolute atomic E-state index is 0.172. The van der Waals surface area contributed by atoms with Crippen molar-refractivity contribution in [3.05, 3.63) is 51.8 Å². The molecule has 2 aromatic heterocycles. The summed E-state index contributed by atoms with van der Waals surface area (Å²) in [4.78, 5) is 16.7. The van der Waals surface area contributed by atoms with Crippen LogP contribution in [0.3, 0.4) is 0 Å². The average Bonchev–Trinajstić information content (AvgIpc) is 2.90. The summed E-state index contributed by atoms with van der Waals surface area (Å²) >= 11 is 6.17. The van der Waals surface area contributed by atoms with Crippen LogP contribution in [0.25, 0.3) is 22.2 Å². The van der Waals surface area contributed by atoms with Crippen molar-refractivity contribution in [1.82, 2.24) is 9.55 Å². The molecule has 168 valence electrons. The number of pyridine rings is 1. The van der Waals surface area contributed by atoms with Crippen molar-refractivity contribution in [1.29, 1.82) is 0 Å². The molecule has 0 radical (unpaired) electrons. The molecule has 3 aromatic rings. The van der Waals surface area contributed by atoms with Gasteiger partial charge in [-0.2, -0.15) is 0 Å². The second-order valence-corrected chi connectivity index (χ2v) is 9.45. The fourth-order valence-electron chi connectivity index (χ4n) is 4.18. The number of aryl methyl sites for hydroxylation is 2. The first-order chi connectivity index (χ1) is 14.9. The molecule has 0 amide bonds. The van der Waals surface area contributed by atoms with Crippen LogP contribution in [0.1, 0.15) is 55.8 Å². The second-order valence-electron chi connectivity index (χ2n) is 9.01. The molecule has 0 aliphatic carbocycles. The maximum atomic E-state index is 11.8. The van der Waals surface area contributed by atoms with E-state index in [2.05, 4.69) is 5.92 Å². The molecule has 2 heterocycles. The molecule has 32 heavy (non-hydrogen) atoms. The van der Waals surface area contributed by atoms with E-state index in [0.717, 1.165) is 39.0 Å². The molecular formula is C26H29ClN2O3.